The molecule has 1 N–H and O–H groups in total. The number of hydrogen-bond donors (Lipinski definition) is 1. The zero-order valence-corrected chi connectivity index (χ0v) is 15.3. The van der Waals surface area contributed by atoms with Gasteiger partial charge in [0.1, 0.15) is 0 Å². The van der Waals surface area contributed by atoms with Crippen molar-refractivity contribution in [2.45, 2.75) is 91.5 Å². The summed E-state index contributed by atoms with van der Waals surface area (Å²) in [7, 11) is 0. The van der Waals surface area contributed by atoms with Crippen LogP contribution in [0.5, 0.6) is 0 Å². The zero-order chi connectivity index (χ0) is 16.3. The fourth-order valence-electron chi connectivity index (χ4n) is 6.55. The summed E-state index contributed by atoms with van der Waals surface area (Å²) in [5.41, 5.74) is 1.63. The average Bonchev–Trinajstić information content (AvgIpc) is 2.74. The number of aliphatic hydroxyl groups is 1. The highest BCUT2D eigenvalue weighted by Crippen LogP contribution is 2.65. The lowest BCUT2D eigenvalue weighted by Crippen LogP contribution is -2.61. The molecule has 2 saturated carbocycles. The van der Waals surface area contributed by atoms with E-state index in [1.54, 1.807) is 0 Å². The summed E-state index contributed by atoms with van der Waals surface area (Å²) < 4.78 is 6.53. The number of ether oxygens (including phenoxy) is 1. The smallest absolute Gasteiger partial charge is 0.0793 e. The first-order valence-electron chi connectivity index (χ1n) is 9.13. The van der Waals surface area contributed by atoms with E-state index in [2.05, 4.69) is 47.6 Å². The van der Waals surface area contributed by atoms with Crippen LogP contribution in [0.4, 0.5) is 0 Å². The van der Waals surface area contributed by atoms with E-state index in [1.165, 1.54) is 24.8 Å². The number of aliphatic hydroxyl groups excluding tert-OH is 1. The van der Waals surface area contributed by atoms with E-state index in [4.69, 9.17) is 4.74 Å². The van der Waals surface area contributed by atoms with Gasteiger partial charge in [-0.25, -0.2) is 0 Å². The first-order chi connectivity index (χ1) is 10.1. The fraction of sp³-hybridized carbons (Fsp3) is 0.900. The van der Waals surface area contributed by atoms with Gasteiger partial charge in [-0.15, -0.1) is 0 Å². The summed E-state index contributed by atoms with van der Waals surface area (Å²) in [5, 5.41) is 11.0. The van der Waals surface area contributed by atoms with Crippen molar-refractivity contribution in [1.29, 1.82) is 0 Å². The van der Waals surface area contributed by atoms with Crippen molar-refractivity contribution >= 4 is 0 Å². The summed E-state index contributed by atoms with van der Waals surface area (Å²) >= 11 is 0. The van der Waals surface area contributed by atoms with Gasteiger partial charge in [-0.3, -0.25) is 0 Å². The second-order valence-electron chi connectivity index (χ2n) is 9.34. The van der Waals surface area contributed by atoms with Crippen LogP contribution in [0.15, 0.2) is 11.6 Å². The van der Waals surface area contributed by atoms with Crippen molar-refractivity contribution in [3.8, 4) is 0 Å². The lowest BCUT2D eigenvalue weighted by molar-refractivity contribution is -0.200. The first-order valence-corrected chi connectivity index (χ1v) is 9.13. The van der Waals surface area contributed by atoms with Gasteiger partial charge in [0.25, 0.3) is 0 Å². The standard InChI is InChI=1S/C20H34O2/c1-7-13(2)15-11-16-19(5)10-8-9-18(3,4)17(19)14(21)12-20(16,6)22-15/h7,14-17,21H,8-12H2,1-6H3. The SMILES string of the molecule is CC=C(C)C1CC2C(C)(CC(O)C3C(C)(C)CCCC32C)O1. The van der Waals surface area contributed by atoms with Crippen LogP contribution in [0, 0.1) is 22.7 Å². The quantitative estimate of drug-likeness (QED) is 0.711. The molecular weight excluding hydrogens is 272 g/mol. The molecule has 0 spiro atoms. The van der Waals surface area contributed by atoms with Crippen LogP contribution in [-0.4, -0.2) is 22.9 Å². The molecule has 0 amide bonds. The molecule has 1 heterocycles. The molecule has 126 valence electrons. The molecule has 3 aliphatic rings. The third kappa shape index (κ3) is 2.21. The first kappa shape index (κ1) is 16.5. The van der Waals surface area contributed by atoms with Crippen LogP contribution in [0.3, 0.4) is 0 Å². The highest BCUT2D eigenvalue weighted by Gasteiger charge is 2.64. The molecule has 0 radical (unpaired) electrons. The van der Waals surface area contributed by atoms with Crippen LogP contribution in [0.1, 0.15) is 73.6 Å². The van der Waals surface area contributed by atoms with Crippen LogP contribution < -0.4 is 0 Å². The van der Waals surface area contributed by atoms with Gasteiger partial charge >= 0.3 is 0 Å². The predicted molar refractivity (Wildman–Crippen MR) is 90.7 cm³/mol. The van der Waals surface area contributed by atoms with Crippen LogP contribution in [0.25, 0.3) is 0 Å². The Morgan fingerprint density at radius 3 is 2.50 bits per heavy atom. The lowest BCUT2D eigenvalue weighted by Gasteiger charge is -2.61. The van der Waals surface area contributed by atoms with Gasteiger partial charge in [-0.1, -0.05) is 33.3 Å². The molecule has 3 fully saturated rings. The molecule has 2 aliphatic carbocycles. The average molecular weight is 306 g/mol. The molecule has 0 bridgehead atoms. The molecule has 1 aliphatic heterocycles. The van der Waals surface area contributed by atoms with Gasteiger partial charge in [-0.2, -0.15) is 0 Å². The minimum atomic E-state index is -0.230. The summed E-state index contributed by atoms with van der Waals surface area (Å²) in [6, 6.07) is 0. The van der Waals surface area contributed by atoms with E-state index in [9.17, 15) is 5.11 Å². The van der Waals surface area contributed by atoms with Crippen LogP contribution in [-0.2, 0) is 4.74 Å². The van der Waals surface area contributed by atoms with E-state index in [-0.39, 0.29) is 28.6 Å². The summed E-state index contributed by atoms with van der Waals surface area (Å²) in [6.07, 6.45) is 7.89. The lowest BCUT2D eigenvalue weighted by atomic mass is 9.44. The molecule has 1 saturated heterocycles. The third-order valence-electron chi connectivity index (χ3n) is 7.45. The van der Waals surface area contributed by atoms with Gasteiger partial charge in [-0.05, 0) is 68.3 Å². The molecule has 2 heteroatoms. The molecule has 6 unspecified atom stereocenters. The molecule has 0 aromatic carbocycles. The number of allylic oxidation sites excluding steroid dienone is 1. The van der Waals surface area contributed by atoms with E-state index in [0.717, 1.165) is 12.8 Å². The molecule has 3 rings (SSSR count). The maximum atomic E-state index is 11.0. The summed E-state index contributed by atoms with van der Waals surface area (Å²) in [4.78, 5) is 0. The largest absolute Gasteiger partial charge is 0.393 e. The van der Waals surface area contributed by atoms with Crippen molar-refractivity contribution < 1.29 is 9.84 Å². The minimum absolute atomic E-state index is 0.160. The summed E-state index contributed by atoms with van der Waals surface area (Å²) in [5.74, 6) is 0.966. The Balaban J connectivity index is 2.00. The number of fused-ring (bicyclic) bond motifs is 3. The summed E-state index contributed by atoms with van der Waals surface area (Å²) in [6.45, 7) is 13.7. The Hall–Kier alpha value is -0.340. The minimum Gasteiger partial charge on any atom is -0.393 e. The van der Waals surface area contributed by atoms with Gasteiger partial charge < -0.3 is 9.84 Å². The highest BCUT2D eigenvalue weighted by atomic mass is 16.5. The molecule has 2 nitrogen and oxygen atoms in total. The van der Waals surface area contributed by atoms with Crippen molar-refractivity contribution in [3.05, 3.63) is 11.6 Å². The fourth-order valence-corrected chi connectivity index (χ4v) is 6.55. The zero-order valence-electron chi connectivity index (χ0n) is 15.3. The Kier molecular flexibility index (Phi) is 3.81. The second kappa shape index (κ2) is 5.08. The van der Waals surface area contributed by atoms with Crippen molar-refractivity contribution in [3.63, 3.8) is 0 Å². The Labute approximate surface area is 136 Å². The number of hydrogen-bond acceptors (Lipinski definition) is 2. The molecular formula is C20H34O2. The van der Waals surface area contributed by atoms with Crippen molar-refractivity contribution in [1.82, 2.24) is 0 Å². The molecule has 0 aromatic rings. The van der Waals surface area contributed by atoms with E-state index in [0.29, 0.717) is 11.8 Å². The van der Waals surface area contributed by atoms with E-state index >= 15 is 0 Å². The van der Waals surface area contributed by atoms with Crippen molar-refractivity contribution in [2.24, 2.45) is 22.7 Å². The Bertz CT molecular complexity index is 480. The van der Waals surface area contributed by atoms with E-state index in [1.807, 2.05) is 0 Å². The highest BCUT2D eigenvalue weighted by molar-refractivity contribution is 5.18. The van der Waals surface area contributed by atoms with Crippen LogP contribution in [0.2, 0.25) is 0 Å². The van der Waals surface area contributed by atoms with Gasteiger partial charge in [0.2, 0.25) is 0 Å². The molecule has 22 heavy (non-hydrogen) atoms. The third-order valence-corrected chi connectivity index (χ3v) is 7.45. The van der Waals surface area contributed by atoms with Gasteiger partial charge in [0.05, 0.1) is 17.8 Å². The Morgan fingerprint density at radius 1 is 1.18 bits per heavy atom. The maximum absolute atomic E-state index is 11.0. The molecule has 0 aromatic heterocycles. The predicted octanol–water partition coefficient (Wildman–Crippen LogP) is 4.71. The number of rotatable bonds is 1. The second-order valence-corrected chi connectivity index (χ2v) is 9.34. The van der Waals surface area contributed by atoms with Gasteiger partial charge in [0, 0.05) is 6.42 Å². The molecule has 6 atom stereocenters. The van der Waals surface area contributed by atoms with Crippen LogP contribution >= 0.6 is 0 Å². The van der Waals surface area contributed by atoms with E-state index < -0.39 is 0 Å². The maximum Gasteiger partial charge on any atom is 0.0793 e. The van der Waals surface area contributed by atoms with Gasteiger partial charge in [0.15, 0.2) is 0 Å². The normalized spacial score (nSPS) is 51.3. The Morgan fingerprint density at radius 2 is 1.86 bits per heavy atom. The van der Waals surface area contributed by atoms with Crippen molar-refractivity contribution in [2.75, 3.05) is 0 Å². The monoisotopic (exact) mass is 306 g/mol. The topological polar surface area (TPSA) is 29.5 Å².